The second-order valence-corrected chi connectivity index (χ2v) is 5.66. The van der Waals surface area contributed by atoms with E-state index in [4.69, 9.17) is 4.74 Å². The van der Waals surface area contributed by atoms with E-state index in [2.05, 4.69) is 21.2 Å². The molecule has 0 aliphatic carbocycles. The summed E-state index contributed by atoms with van der Waals surface area (Å²) in [6.07, 6.45) is 0. The van der Waals surface area contributed by atoms with Crippen LogP contribution >= 0.6 is 27.3 Å². The maximum atomic E-state index is 14.0. The van der Waals surface area contributed by atoms with Crippen molar-refractivity contribution < 1.29 is 13.5 Å². The standard InChI is InChI=1S/C13H12BrF2NOS/c1-17-12(13-11(18-2)3-4-19-13)7-5-10(16)8(14)6-9(7)15/h3-6,12,17H,1-2H3. The van der Waals surface area contributed by atoms with Crippen molar-refractivity contribution in [2.45, 2.75) is 6.04 Å². The average Bonchev–Trinajstić information content (AvgIpc) is 2.84. The first-order valence-electron chi connectivity index (χ1n) is 5.51. The van der Waals surface area contributed by atoms with Crippen molar-refractivity contribution in [2.24, 2.45) is 0 Å². The maximum absolute atomic E-state index is 14.0. The van der Waals surface area contributed by atoms with Crippen LogP contribution in [0.3, 0.4) is 0 Å². The van der Waals surface area contributed by atoms with Crippen molar-refractivity contribution in [2.75, 3.05) is 14.2 Å². The van der Waals surface area contributed by atoms with Crippen LogP contribution in [0.1, 0.15) is 16.5 Å². The number of nitrogens with one attached hydrogen (secondary N) is 1. The summed E-state index contributed by atoms with van der Waals surface area (Å²) in [6, 6.07) is 3.68. The highest BCUT2D eigenvalue weighted by Crippen LogP contribution is 2.36. The fraction of sp³-hybridized carbons (Fsp3) is 0.231. The maximum Gasteiger partial charge on any atom is 0.137 e. The Balaban J connectivity index is 2.51. The van der Waals surface area contributed by atoms with Gasteiger partial charge in [-0.3, -0.25) is 0 Å². The van der Waals surface area contributed by atoms with E-state index >= 15 is 0 Å². The molecule has 6 heteroatoms. The molecule has 1 heterocycles. The van der Waals surface area contributed by atoms with Crippen molar-refractivity contribution in [3.63, 3.8) is 0 Å². The predicted octanol–water partition coefficient (Wildman–Crippen LogP) is 4.11. The van der Waals surface area contributed by atoms with Crippen LogP contribution in [0.25, 0.3) is 0 Å². The van der Waals surface area contributed by atoms with Gasteiger partial charge in [0.15, 0.2) is 0 Å². The van der Waals surface area contributed by atoms with Crippen molar-refractivity contribution in [3.05, 3.63) is 50.1 Å². The molecule has 19 heavy (non-hydrogen) atoms. The molecule has 2 aromatic rings. The van der Waals surface area contributed by atoms with Gasteiger partial charge >= 0.3 is 0 Å². The van der Waals surface area contributed by atoms with Crippen molar-refractivity contribution in [1.82, 2.24) is 5.32 Å². The Kier molecular flexibility index (Phi) is 4.54. The number of thiophene rings is 1. The molecule has 0 saturated carbocycles. The third-order valence-corrected chi connectivity index (χ3v) is 4.35. The minimum absolute atomic E-state index is 0.113. The molecule has 2 rings (SSSR count). The molecular formula is C13H12BrF2NOS. The lowest BCUT2D eigenvalue weighted by atomic mass is 10.0. The number of benzene rings is 1. The minimum atomic E-state index is -0.493. The van der Waals surface area contributed by atoms with E-state index in [1.165, 1.54) is 17.4 Å². The van der Waals surface area contributed by atoms with Crippen molar-refractivity contribution in [3.8, 4) is 5.75 Å². The molecule has 1 aromatic heterocycles. The Morgan fingerprint density at radius 3 is 2.68 bits per heavy atom. The zero-order valence-electron chi connectivity index (χ0n) is 10.3. The van der Waals surface area contributed by atoms with E-state index in [9.17, 15) is 8.78 Å². The zero-order valence-corrected chi connectivity index (χ0v) is 12.7. The third kappa shape index (κ3) is 2.80. The molecule has 2 nitrogen and oxygen atoms in total. The highest BCUT2D eigenvalue weighted by atomic mass is 79.9. The summed E-state index contributed by atoms with van der Waals surface area (Å²) in [4.78, 5) is 0.811. The van der Waals surface area contributed by atoms with E-state index < -0.39 is 17.7 Å². The normalized spacial score (nSPS) is 12.5. The molecule has 0 aliphatic heterocycles. The summed E-state index contributed by atoms with van der Waals surface area (Å²) < 4.78 is 33.0. The van der Waals surface area contributed by atoms with Gasteiger partial charge < -0.3 is 10.1 Å². The van der Waals surface area contributed by atoms with Crippen LogP contribution in [0.4, 0.5) is 8.78 Å². The predicted molar refractivity (Wildman–Crippen MR) is 75.8 cm³/mol. The molecule has 1 atom stereocenters. The van der Waals surface area contributed by atoms with Gasteiger partial charge in [-0.2, -0.15) is 0 Å². The molecule has 1 N–H and O–H groups in total. The summed E-state index contributed by atoms with van der Waals surface area (Å²) in [7, 11) is 3.25. The lowest BCUT2D eigenvalue weighted by Gasteiger charge is -2.18. The van der Waals surface area contributed by atoms with E-state index in [1.54, 1.807) is 20.2 Å². The molecule has 0 saturated heterocycles. The van der Waals surface area contributed by atoms with E-state index in [1.807, 2.05) is 5.38 Å². The van der Waals surface area contributed by atoms with Gasteiger partial charge in [0, 0.05) is 5.56 Å². The van der Waals surface area contributed by atoms with Gasteiger partial charge in [-0.1, -0.05) is 0 Å². The highest BCUT2D eigenvalue weighted by molar-refractivity contribution is 9.10. The van der Waals surface area contributed by atoms with Crippen molar-refractivity contribution in [1.29, 1.82) is 0 Å². The third-order valence-electron chi connectivity index (χ3n) is 2.78. The van der Waals surface area contributed by atoms with Gasteiger partial charge in [0.1, 0.15) is 17.4 Å². The number of rotatable bonds is 4. The smallest absolute Gasteiger partial charge is 0.137 e. The molecule has 0 radical (unpaired) electrons. The summed E-state index contributed by atoms with van der Waals surface area (Å²) in [5, 5.41) is 4.84. The van der Waals surface area contributed by atoms with Gasteiger partial charge in [-0.15, -0.1) is 11.3 Å². The monoisotopic (exact) mass is 347 g/mol. The molecule has 0 fully saturated rings. The van der Waals surface area contributed by atoms with Crippen LogP contribution < -0.4 is 10.1 Å². The summed E-state index contributed by atoms with van der Waals surface area (Å²) in [5.41, 5.74) is 0.254. The molecular weight excluding hydrogens is 336 g/mol. The Bertz CT molecular complexity index is 588. The summed E-state index contributed by atoms with van der Waals surface area (Å²) >= 11 is 4.40. The molecule has 102 valence electrons. The molecule has 0 aliphatic rings. The van der Waals surface area contributed by atoms with Gasteiger partial charge in [-0.05, 0) is 46.6 Å². The lowest BCUT2D eigenvalue weighted by molar-refractivity contribution is 0.408. The topological polar surface area (TPSA) is 21.3 Å². The fourth-order valence-corrected chi connectivity index (χ4v) is 3.18. The number of methoxy groups -OCH3 is 1. The van der Waals surface area contributed by atoms with Crippen LogP contribution in [-0.2, 0) is 0 Å². The molecule has 1 aromatic carbocycles. The lowest BCUT2D eigenvalue weighted by Crippen LogP contribution is -2.18. The minimum Gasteiger partial charge on any atom is -0.496 e. The van der Waals surface area contributed by atoms with Crippen LogP contribution in [0.2, 0.25) is 0 Å². The van der Waals surface area contributed by atoms with Crippen LogP contribution in [-0.4, -0.2) is 14.2 Å². The average molecular weight is 348 g/mol. The molecule has 0 spiro atoms. The molecule has 0 amide bonds. The molecule has 1 unspecified atom stereocenters. The number of hydrogen-bond acceptors (Lipinski definition) is 3. The second kappa shape index (κ2) is 5.98. The molecule has 0 bridgehead atoms. The zero-order chi connectivity index (χ0) is 14.0. The number of hydrogen-bond donors (Lipinski definition) is 1. The van der Waals surface area contributed by atoms with Crippen LogP contribution in [0.15, 0.2) is 28.1 Å². The first-order valence-corrected chi connectivity index (χ1v) is 7.18. The van der Waals surface area contributed by atoms with Gasteiger partial charge in [0.05, 0.1) is 22.5 Å². The first-order chi connectivity index (χ1) is 9.08. The van der Waals surface area contributed by atoms with E-state index in [-0.39, 0.29) is 10.0 Å². The van der Waals surface area contributed by atoms with Crippen LogP contribution in [0, 0.1) is 11.6 Å². The Labute approximate surface area is 122 Å². The van der Waals surface area contributed by atoms with E-state index in [0.717, 1.165) is 10.9 Å². The largest absolute Gasteiger partial charge is 0.496 e. The number of halogens is 3. The Hall–Kier alpha value is -0.980. The SMILES string of the molecule is CNC(c1cc(F)c(Br)cc1F)c1sccc1OC. The van der Waals surface area contributed by atoms with Gasteiger partial charge in [0.25, 0.3) is 0 Å². The quantitative estimate of drug-likeness (QED) is 0.840. The Morgan fingerprint density at radius 1 is 1.32 bits per heavy atom. The fourth-order valence-electron chi connectivity index (χ4n) is 1.88. The summed E-state index contributed by atoms with van der Waals surface area (Å²) in [6.45, 7) is 0. The van der Waals surface area contributed by atoms with Crippen LogP contribution in [0.5, 0.6) is 5.75 Å². The van der Waals surface area contributed by atoms with Gasteiger partial charge in [0.2, 0.25) is 0 Å². The van der Waals surface area contributed by atoms with E-state index in [0.29, 0.717) is 5.75 Å². The first kappa shape index (κ1) is 14.4. The van der Waals surface area contributed by atoms with Gasteiger partial charge in [-0.25, -0.2) is 8.78 Å². The second-order valence-electron chi connectivity index (χ2n) is 3.86. The Morgan fingerprint density at radius 2 is 2.05 bits per heavy atom. The summed E-state index contributed by atoms with van der Waals surface area (Å²) in [5.74, 6) is -0.303. The number of ether oxygens (including phenoxy) is 1. The van der Waals surface area contributed by atoms with Crippen molar-refractivity contribution >= 4 is 27.3 Å². The highest BCUT2D eigenvalue weighted by Gasteiger charge is 2.22.